The third kappa shape index (κ3) is 7.62. The number of carbonyl (C=O) groups excluding carboxylic acids is 2. The lowest BCUT2D eigenvalue weighted by Crippen LogP contribution is -2.47. The van der Waals surface area contributed by atoms with Crippen molar-refractivity contribution in [3.05, 3.63) is 44.9 Å². The highest BCUT2D eigenvalue weighted by Gasteiger charge is 2.21. The molecule has 1 saturated heterocycles. The van der Waals surface area contributed by atoms with E-state index >= 15 is 0 Å². The minimum absolute atomic E-state index is 0.0826. The van der Waals surface area contributed by atoms with Crippen LogP contribution in [0.5, 0.6) is 0 Å². The summed E-state index contributed by atoms with van der Waals surface area (Å²) in [6.45, 7) is 5.35. The first-order chi connectivity index (χ1) is 14.9. The number of ether oxygens (including phenoxy) is 2. The van der Waals surface area contributed by atoms with E-state index in [0.29, 0.717) is 40.7 Å². The highest BCUT2D eigenvalue weighted by molar-refractivity contribution is 8.01. The largest absolute Gasteiger partial charge is 0.461 e. The van der Waals surface area contributed by atoms with Crippen LogP contribution in [-0.2, 0) is 20.8 Å². The molecule has 1 amide bonds. The molecule has 1 aliphatic rings. The van der Waals surface area contributed by atoms with Crippen LogP contribution < -0.4 is 5.32 Å². The molecule has 0 spiro atoms. The number of thiazole rings is 1. The molecule has 3 rings (SSSR count). The lowest BCUT2D eigenvalue weighted by Gasteiger charge is -2.33. The molecule has 1 atom stereocenters. The second-order valence-electron chi connectivity index (χ2n) is 6.79. The lowest BCUT2D eigenvalue weighted by molar-refractivity contribution is -0.119. The van der Waals surface area contributed by atoms with E-state index in [0.717, 1.165) is 18.7 Å². The number of nitrogens with one attached hydrogen (secondary N) is 1. The van der Waals surface area contributed by atoms with Gasteiger partial charge in [-0.2, -0.15) is 0 Å². The molecule has 31 heavy (non-hydrogen) atoms. The number of nitrogens with zero attached hydrogens (tertiary/aromatic N) is 2. The van der Waals surface area contributed by atoms with E-state index in [1.165, 1.54) is 23.1 Å². The van der Waals surface area contributed by atoms with Crippen LogP contribution >= 0.6 is 46.3 Å². The average Bonchev–Trinajstić information content (AvgIpc) is 3.23. The molecule has 2 heterocycles. The Hall–Kier alpha value is -1.36. The molecule has 11 heteroatoms. The van der Waals surface area contributed by atoms with Crippen molar-refractivity contribution in [2.75, 3.05) is 38.6 Å². The van der Waals surface area contributed by atoms with E-state index in [-0.39, 0.29) is 23.5 Å². The van der Waals surface area contributed by atoms with Crippen molar-refractivity contribution in [2.24, 2.45) is 0 Å². The first-order valence-corrected chi connectivity index (χ1v) is 12.4. The maximum atomic E-state index is 12.2. The fraction of sp³-hybridized carbons (Fsp3) is 0.450. The minimum atomic E-state index is -0.449. The van der Waals surface area contributed by atoms with E-state index in [1.807, 2.05) is 12.1 Å². The van der Waals surface area contributed by atoms with Crippen LogP contribution in [0.25, 0.3) is 0 Å². The van der Waals surface area contributed by atoms with Gasteiger partial charge in [0.05, 0.1) is 35.1 Å². The molecule has 0 bridgehead atoms. The Morgan fingerprint density at radius 3 is 3.00 bits per heavy atom. The average molecular weight is 504 g/mol. The quantitative estimate of drug-likeness (QED) is 0.412. The zero-order chi connectivity index (χ0) is 22.2. The summed E-state index contributed by atoms with van der Waals surface area (Å²) in [5, 5.41) is 5.63. The molecule has 1 N–H and O–H groups in total. The summed E-state index contributed by atoms with van der Waals surface area (Å²) >= 11 is 14.7. The standard InChI is InChI=1S/C20H23Cl2N3O4S2/c1-2-28-19(27)17-11-30-20(24-17)31-12-18(26)23-8-14-10-25(5-6-29-14)9-13-3-4-15(21)16(22)7-13/h3-4,7,11,14H,2,5-6,8-10,12H2,1H3,(H,23,26). The molecule has 1 fully saturated rings. The predicted molar refractivity (Wildman–Crippen MR) is 123 cm³/mol. The van der Waals surface area contributed by atoms with Gasteiger partial charge in [-0.25, -0.2) is 9.78 Å². The summed E-state index contributed by atoms with van der Waals surface area (Å²) in [5.41, 5.74) is 1.36. The highest BCUT2D eigenvalue weighted by Crippen LogP contribution is 2.24. The number of esters is 1. The van der Waals surface area contributed by atoms with Gasteiger partial charge in [-0.05, 0) is 24.6 Å². The van der Waals surface area contributed by atoms with Crippen LogP contribution in [-0.4, -0.2) is 66.5 Å². The van der Waals surface area contributed by atoms with E-state index < -0.39 is 5.97 Å². The van der Waals surface area contributed by atoms with Gasteiger partial charge in [-0.1, -0.05) is 41.0 Å². The van der Waals surface area contributed by atoms with Crippen LogP contribution in [0.3, 0.4) is 0 Å². The van der Waals surface area contributed by atoms with E-state index in [1.54, 1.807) is 18.4 Å². The van der Waals surface area contributed by atoms with Crippen molar-refractivity contribution in [2.45, 2.75) is 23.9 Å². The van der Waals surface area contributed by atoms with Gasteiger partial charge in [0.15, 0.2) is 10.0 Å². The molecule has 2 aromatic rings. The van der Waals surface area contributed by atoms with E-state index in [4.69, 9.17) is 32.7 Å². The Morgan fingerprint density at radius 1 is 1.39 bits per heavy atom. The summed E-state index contributed by atoms with van der Waals surface area (Å²) in [6, 6.07) is 5.64. The molecule has 1 unspecified atom stereocenters. The Balaban J connectivity index is 1.39. The van der Waals surface area contributed by atoms with Gasteiger partial charge in [-0.15, -0.1) is 11.3 Å². The zero-order valence-electron chi connectivity index (χ0n) is 16.9. The number of benzene rings is 1. The van der Waals surface area contributed by atoms with Crippen LogP contribution in [0.2, 0.25) is 10.0 Å². The van der Waals surface area contributed by atoms with Gasteiger partial charge in [0, 0.05) is 31.6 Å². The molecule has 1 aromatic heterocycles. The monoisotopic (exact) mass is 503 g/mol. The maximum Gasteiger partial charge on any atom is 0.357 e. The minimum Gasteiger partial charge on any atom is -0.461 e. The van der Waals surface area contributed by atoms with E-state index in [9.17, 15) is 9.59 Å². The molecule has 0 radical (unpaired) electrons. The molecule has 0 aliphatic carbocycles. The SMILES string of the molecule is CCOC(=O)c1csc(SCC(=O)NCC2CN(Cc3ccc(Cl)c(Cl)c3)CCO2)n1. The van der Waals surface area contributed by atoms with Crippen molar-refractivity contribution < 1.29 is 19.1 Å². The lowest BCUT2D eigenvalue weighted by atomic mass is 10.2. The van der Waals surface area contributed by atoms with Gasteiger partial charge in [-0.3, -0.25) is 9.69 Å². The molecule has 168 valence electrons. The smallest absolute Gasteiger partial charge is 0.357 e. The highest BCUT2D eigenvalue weighted by atomic mass is 35.5. The van der Waals surface area contributed by atoms with Crippen molar-refractivity contribution >= 4 is 58.2 Å². The van der Waals surface area contributed by atoms with Crippen molar-refractivity contribution in [3.63, 3.8) is 0 Å². The fourth-order valence-corrected chi connectivity index (χ4v) is 4.92. The third-order valence-corrected chi connectivity index (χ3v) is 7.19. The molecule has 1 aromatic carbocycles. The number of aromatic nitrogens is 1. The first kappa shape index (κ1) is 24.3. The van der Waals surface area contributed by atoms with Gasteiger partial charge >= 0.3 is 5.97 Å². The summed E-state index contributed by atoms with van der Waals surface area (Å²) < 4.78 is 11.4. The molecular formula is C20H23Cl2N3O4S2. The Bertz CT molecular complexity index is 912. The summed E-state index contributed by atoms with van der Waals surface area (Å²) in [6.07, 6.45) is -0.0826. The molecule has 7 nitrogen and oxygen atoms in total. The normalized spacial score (nSPS) is 16.8. The van der Waals surface area contributed by atoms with Crippen LogP contribution in [0.4, 0.5) is 0 Å². The van der Waals surface area contributed by atoms with Crippen LogP contribution in [0.1, 0.15) is 23.0 Å². The second-order valence-corrected chi connectivity index (χ2v) is 9.68. The third-order valence-electron chi connectivity index (χ3n) is 4.43. The van der Waals surface area contributed by atoms with Crippen molar-refractivity contribution in [3.8, 4) is 0 Å². The maximum absolute atomic E-state index is 12.2. The number of hydrogen-bond acceptors (Lipinski definition) is 8. The van der Waals surface area contributed by atoms with Crippen molar-refractivity contribution in [1.29, 1.82) is 0 Å². The van der Waals surface area contributed by atoms with E-state index in [2.05, 4.69) is 15.2 Å². The summed E-state index contributed by atoms with van der Waals surface area (Å²) in [4.78, 5) is 30.3. The number of halogens is 2. The van der Waals surface area contributed by atoms with Crippen LogP contribution in [0, 0.1) is 0 Å². The van der Waals surface area contributed by atoms with Crippen molar-refractivity contribution in [1.82, 2.24) is 15.2 Å². The second kappa shape index (κ2) is 12.0. The number of thioether (sulfide) groups is 1. The predicted octanol–water partition coefficient (Wildman–Crippen LogP) is 3.74. The number of hydrogen-bond donors (Lipinski definition) is 1. The Labute approximate surface area is 199 Å². The zero-order valence-corrected chi connectivity index (χ0v) is 20.1. The number of rotatable bonds is 9. The number of morpholine rings is 1. The van der Waals surface area contributed by atoms with Gasteiger partial charge in [0.1, 0.15) is 0 Å². The molecule has 0 saturated carbocycles. The molecule has 1 aliphatic heterocycles. The fourth-order valence-electron chi connectivity index (χ4n) is 2.97. The summed E-state index contributed by atoms with van der Waals surface area (Å²) in [5.74, 6) is -0.340. The van der Waals surface area contributed by atoms with Crippen LogP contribution in [0.15, 0.2) is 27.9 Å². The Morgan fingerprint density at radius 2 is 2.23 bits per heavy atom. The van der Waals surface area contributed by atoms with Gasteiger partial charge in [0.2, 0.25) is 5.91 Å². The number of amides is 1. The molecular weight excluding hydrogens is 481 g/mol. The Kier molecular flexibility index (Phi) is 9.43. The first-order valence-electron chi connectivity index (χ1n) is 9.74. The summed E-state index contributed by atoms with van der Waals surface area (Å²) in [7, 11) is 0. The van der Waals surface area contributed by atoms with Gasteiger partial charge in [0.25, 0.3) is 0 Å². The number of carbonyl (C=O) groups is 2. The topological polar surface area (TPSA) is 80.8 Å². The van der Waals surface area contributed by atoms with Gasteiger partial charge < -0.3 is 14.8 Å².